The number of rotatable bonds is 6. The van der Waals surface area contributed by atoms with Gasteiger partial charge in [-0.05, 0) is 37.5 Å². The van der Waals surface area contributed by atoms with Crippen LogP contribution in [-0.4, -0.2) is 49.2 Å². The molecule has 1 saturated carbocycles. The van der Waals surface area contributed by atoms with Gasteiger partial charge in [-0.3, -0.25) is 14.6 Å². The van der Waals surface area contributed by atoms with Crippen LogP contribution in [0, 0.1) is 5.92 Å². The maximum atomic E-state index is 12.5. The maximum Gasteiger partial charge on any atom is 0.309 e. The summed E-state index contributed by atoms with van der Waals surface area (Å²) in [7, 11) is 3.08. The summed E-state index contributed by atoms with van der Waals surface area (Å²) in [6.07, 6.45) is 2.48. The predicted octanol–water partition coefficient (Wildman–Crippen LogP) is 3.61. The number of aromatic nitrogens is 1. The number of methoxy groups -OCH3 is 2. The van der Waals surface area contributed by atoms with Crippen molar-refractivity contribution in [2.24, 2.45) is 5.92 Å². The van der Waals surface area contributed by atoms with Gasteiger partial charge in [0.2, 0.25) is 5.91 Å². The fourth-order valence-corrected chi connectivity index (χ4v) is 4.85. The van der Waals surface area contributed by atoms with Crippen molar-refractivity contribution in [1.29, 1.82) is 0 Å². The highest BCUT2D eigenvalue weighted by Gasteiger charge is 2.48. The summed E-state index contributed by atoms with van der Waals surface area (Å²) < 4.78 is 15.8. The zero-order valence-corrected chi connectivity index (χ0v) is 18.3. The molecular formula is C22H25ClN2O5. The molecule has 1 aromatic heterocycles. The lowest BCUT2D eigenvalue weighted by Gasteiger charge is -2.22. The molecule has 2 aromatic rings. The molecule has 1 amide bonds. The summed E-state index contributed by atoms with van der Waals surface area (Å²) >= 11 is 6.68. The van der Waals surface area contributed by atoms with E-state index in [9.17, 15) is 9.59 Å². The van der Waals surface area contributed by atoms with Gasteiger partial charge in [0.25, 0.3) is 0 Å². The molecular weight excluding hydrogens is 408 g/mol. The Bertz CT molecular complexity index is 1020. The van der Waals surface area contributed by atoms with Gasteiger partial charge in [0.1, 0.15) is 12.4 Å². The summed E-state index contributed by atoms with van der Waals surface area (Å²) in [5, 5.41) is 1.38. The molecule has 1 aromatic carbocycles. The molecule has 30 heavy (non-hydrogen) atoms. The van der Waals surface area contributed by atoms with Crippen molar-refractivity contribution in [3.05, 3.63) is 34.0 Å². The Balaban J connectivity index is 1.82. The molecule has 7 nitrogen and oxygen atoms in total. The Morgan fingerprint density at radius 2 is 2.07 bits per heavy atom. The van der Waals surface area contributed by atoms with Gasteiger partial charge in [0.15, 0.2) is 0 Å². The lowest BCUT2D eigenvalue weighted by molar-refractivity contribution is -0.144. The number of nitrogens with zero attached hydrogens (tertiary/aromatic N) is 2. The molecule has 0 N–H and O–H groups in total. The van der Waals surface area contributed by atoms with Gasteiger partial charge >= 0.3 is 5.97 Å². The molecule has 0 unspecified atom stereocenters. The van der Waals surface area contributed by atoms with E-state index in [1.54, 1.807) is 18.9 Å². The average Bonchev–Trinajstić information content (AvgIpc) is 3.44. The van der Waals surface area contributed by atoms with E-state index in [4.69, 9.17) is 30.8 Å². The van der Waals surface area contributed by atoms with Gasteiger partial charge < -0.3 is 19.1 Å². The van der Waals surface area contributed by atoms with E-state index in [1.165, 1.54) is 7.11 Å². The smallest absolute Gasteiger partial charge is 0.309 e. The lowest BCUT2D eigenvalue weighted by atomic mass is 9.96. The SMILES string of the molecule is CCOC(=O)[C@@H]1C[C@H]1c1c(Cl)c(OC)cc2c3c(cnc12)CN(C(=O)COC)[C@H]3C. The van der Waals surface area contributed by atoms with Crippen molar-refractivity contribution in [1.82, 2.24) is 9.88 Å². The first kappa shape index (κ1) is 20.9. The number of carbonyl (C=O) groups is 2. The first-order valence-electron chi connectivity index (χ1n) is 10.1. The van der Waals surface area contributed by atoms with Crippen molar-refractivity contribution < 1.29 is 23.8 Å². The zero-order chi connectivity index (χ0) is 21.6. The number of pyridine rings is 1. The van der Waals surface area contributed by atoms with Gasteiger partial charge in [-0.1, -0.05) is 11.6 Å². The zero-order valence-electron chi connectivity index (χ0n) is 17.5. The van der Waals surface area contributed by atoms with Crippen LogP contribution in [0.4, 0.5) is 0 Å². The van der Waals surface area contributed by atoms with E-state index in [0.29, 0.717) is 30.3 Å². The number of fused-ring (bicyclic) bond motifs is 3. The fourth-order valence-electron chi connectivity index (χ4n) is 4.49. The van der Waals surface area contributed by atoms with E-state index in [2.05, 4.69) is 0 Å². The number of ether oxygens (including phenoxy) is 3. The van der Waals surface area contributed by atoms with Gasteiger partial charge in [-0.25, -0.2) is 0 Å². The van der Waals surface area contributed by atoms with Gasteiger partial charge in [0.05, 0.1) is 36.2 Å². The van der Waals surface area contributed by atoms with E-state index < -0.39 is 0 Å². The number of halogens is 1. The van der Waals surface area contributed by atoms with Crippen molar-refractivity contribution in [3.63, 3.8) is 0 Å². The Labute approximate surface area is 180 Å². The van der Waals surface area contributed by atoms with Crippen molar-refractivity contribution >= 4 is 34.4 Å². The molecule has 0 spiro atoms. The molecule has 8 heteroatoms. The van der Waals surface area contributed by atoms with Crippen LogP contribution in [-0.2, 0) is 25.6 Å². The molecule has 0 bridgehead atoms. The predicted molar refractivity (Wildman–Crippen MR) is 112 cm³/mol. The van der Waals surface area contributed by atoms with Crippen molar-refractivity contribution in [2.45, 2.75) is 38.8 Å². The Hall–Kier alpha value is -2.38. The number of hydrogen-bond donors (Lipinski definition) is 0. The van der Waals surface area contributed by atoms with Crippen LogP contribution in [0.25, 0.3) is 10.9 Å². The number of benzene rings is 1. The fraction of sp³-hybridized carbons (Fsp3) is 0.500. The Kier molecular flexibility index (Phi) is 5.59. The topological polar surface area (TPSA) is 78.0 Å². The third-order valence-corrected chi connectivity index (χ3v) is 6.40. The minimum atomic E-state index is -0.218. The van der Waals surface area contributed by atoms with Crippen LogP contribution in [0.3, 0.4) is 0 Å². The maximum absolute atomic E-state index is 12.5. The quantitative estimate of drug-likeness (QED) is 0.649. The second-order valence-electron chi connectivity index (χ2n) is 7.73. The van der Waals surface area contributed by atoms with Gasteiger partial charge in [0, 0.05) is 36.7 Å². The van der Waals surface area contributed by atoms with Crippen LogP contribution in [0.2, 0.25) is 5.02 Å². The minimum absolute atomic E-state index is 0.0351. The molecule has 1 fully saturated rings. The summed E-state index contributed by atoms with van der Waals surface area (Å²) in [5.74, 6) is -0.00846. The van der Waals surface area contributed by atoms with E-state index >= 15 is 0 Å². The summed E-state index contributed by atoms with van der Waals surface area (Å²) in [6, 6.07) is 1.75. The monoisotopic (exact) mass is 432 g/mol. The van der Waals surface area contributed by atoms with Crippen LogP contribution in [0.1, 0.15) is 48.9 Å². The molecule has 1 aliphatic heterocycles. The molecule has 2 heterocycles. The van der Waals surface area contributed by atoms with E-state index in [1.807, 2.05) is 19.2 Å². The second-order valence-corrected chi connectivity index (χ2v) is 8.11. The van der Waals surface area contributed by atoms with Crippen LogP contribution in [0.15, 0.2) is 12.3 Å². The van der Waals surface area contributed by atoms with Crippen LogP contribution in [0.5, 0.6) is 5.75 Å². The number of carbonyl (C=O) groups excluding carboxylic acids is 2. The highest BCUT2D eigenvalue weighted by Crippen LogP contribution is 2.55. The standard InChI is InChI=1S/C22H25ClN2O5/c1-5-30-22(27)14-6-13(14)19-20(23)16(29-4)7-15-18-11(2)25(17(26)10-28-3)9-12(18)8-24-21(15)19/h7-8,11,13-14H,5-6,9-10H2,1-4H3/t11-,13+,14+/m0/s1. The van der Waals surface area contributed by atoms with Gasteiger partial charge in [-0.15, -0.1) is 0 Å². The molecule has 0 saturated heterocycles. The second kappa shape index (κ2) is 8.04. The Morgan fingerprint density at radius 1 is 1.30 bits per heavy atom. The van der Waals surface area contributed by atoms with Crippen molar-refractivity contribution in [2.75, 3.05) is 27.4 Å². The first-order chi connectivity index (χ1) is 14.4. The highest BCUT2D eigenvalue weighted by molar-refractivity contribution is 6.34. The number of esters is 1. The third-order valence-electron chi connectivity index (χ3n) is 6.01. The normalized spacial score (nSPS) is 22.2. The molecule has 1 aliphatic carbocycles. The van der Waals surface area contributed by atoms with E-state index in [-0.39, 0.29) is 36.4 Å². The van der Waals surface area contributed by atoms with Gasteiger partial charge in [-0.2, -0.15) is 0 Å². The van der Waals surface area contributed by atoms with Crippen LogP contribution >= 0.6 is 11.6 Å². The van der Waals surface area contributed by atoms with Crippen molar-refractivity contribution in [3.8, 4) is 5.75 Å². The average molecular weight is 433 g/mol. The Morgan fingerprint density at radius 3 is 2.73 bits per heavy atom. The number of amides is 1. The molecule has 3 atom stereocenters. The minimum Gasteiger partial charge on any atom is -0.495 e. The first-order valence-corrected chi connectivity index (χ1v) is 10.4. The molecule has 160 valence electrons. The third kappa shape index (κ3) is 3.30. The molecule has 4 rings (SSSR count). The number of hydrogen-bond acceptors (Lipinski definition) is 6. The highest BCUT2D eigenvalue weighted by atomic mass is 35.5. The van der Waals surface area contributed by atoms with Crippen LogP contribution < -0.4 is 4.74 Å². The largest absolute Gasteiger partial charge is 0.495 e. The molecule has 2 aliphatic rings. The summed E-state index contributed by atoms with van der Waals surface area (Å²) in [4.78, 5) is 31.2. The lowest BCUT2D eigenvalue weighted by Crippen LogP contribution is -2.31. The molecule has 0 radical (unpaired) electrons. The van der Waals surface area contributed by atoms with E-state index in [0.717, 1.165) is 27.6 Å². The summed E-state index contributed by atoms with van der Waals surface area (Å²) in [6.45, 7) is 4.66. The summed E-state index contributed by atoms with van der Waals surface area (Å²) in [5.41, 5.74) is 3.60.